The highest BCUT2D eigenvalue weighted by atomic mass is 35.5. The Morgan fingerprint density at radius 3 is 2.76 bits per heavy atom. The van der Waals surface area contributed by atoms with Gasteiger partial charge in [0.2, 0.25) is 0 Å². The summed E-state index contributed by atoms with van der Waals surface area (Å²) in [5.74, 6) is 0.868. The van der Waals surface area contributed by atoms with Gasteiger partial charge >= 0.3 is 0 Å². The number of anilines is 1. The summed E-state index contributed by atoms with van der Waals surface area (Å²) < 4.78 is 0. The van der Waals surface area contributed by atoms with E-state index in [0.717, 1.165) is 28.7 Å². The first-order valence-electron chi connectivity index (χ1n) is 6.39. The molecule has 3 atom stereocenters. The molecule has 2 aliphatic rings. The summed E-state index contributed by atoms with van der Waals surface area (Å²) in [4.78, 5) is 2.45. The van der Waals surface area contributed by atoms with Crippen molar-refractivity contribution in [2.75, 3.05) is 11.4 Å². The molecule has 2 unspecified atom stereocenters. The Balaban J connectivity index is 1.89. The second kappa shape index (κ2) is 4.18. The summed E-state index contributed by atoms with van der Waals surface area (Å²) in [5, 5.41) is 10.3. The maximum absolute atomic E-state index is 9.54. The van der Waals surface area contributed by atoms with Crippen LogP contribution in [0.3, 0.4) is 0 Å². The van der Waals surface area contributed by atoms with Crippen LogP contribution in [0.1, 0.15) is 37.9 Å². The van der Waals surface area contributed by atoms with E-state index in [4.69, 9.17) is 11.6 Å². The lowest BCUT2D eigenvalue weighted by Gasteiger charge is -2.30. The van der Waals surface area contributed by atoms with Gasteiger partial charge in [-0.1, -0.05) is 17.7 Å². The molecule has 1 aromatic rings. The molecule has 0 radical (unpaired) electrons. The number of benzene rings is 1. The van der Waals surface area contributed by atoms with Crippen molar-refractivity contribution in [3.8, 4) is 0 Å². The van der Waals surface area contributed by atoms with E-state index in [1.165, 1.54) is 19.3 Å². The highest BCUT2D eigenvalue weighted by Gasteiger charge is 2.38. The summed E-state index contributed by atoms with van der Waals surface area (Å²) >= 11 is 6.34. The average Bonchev–Trinajstić information content (AvgIpc) is 2.90. The third kappa shape index (κ3) is 1.94. The predicted octanol–water partition coefficient (Wildman–Crippen LogP) is 3.38. The van der Waals surface area contributed by atoms with Crippen molar-refractivity contribution in [1.29, 1.82) is 0 Å². The van der Waals surface area contributed by atoms with Crippen LogP contribution in [0.25, 0.3) is 0 Å². The second-order valence-corrected chi connectivity index (χ2v) is 5.78. The van der Waals surface area contributed by atoms with Gasteiger partial charge in [-0.15, -0.1) is 0 Å². The third-order valence-corrected chi connectivity index (χ3v) is 4.48. The van der Waals surface area contributed by atoms with Crippen LogP contribution in [-0.2, 0) is 0 Å². The van der Waals surface area contributed by atoms with Gasteiger partial charge in [0, 0.05) is 12.6 Å². The molecule has 3 rings (SSSR count). The van der Waals surface area contributed by atoms with Crippen molar-refractivity contribution in [1.82, 2.24) is 0 Å². The van der Waals surface area contributed by atoms with Gasteiger partial charge in [0.05, 0.1) is 16.8 Å². The van der Waals surface area contributed by atoms with Gasteiger partial charge in [-0.2, -0.15) is 0 Å². The SMILES string of the molecule is C[C@@H](O)c1ccc(N2CC3CCC2C3)c(Cl)c1. The van der Waals surface area contributed by atoms with E-state index in [9.17, 15) is 5.11 Å². The minimum Gasteiger partial charge on any atom is -0.389 e. The van der Waals surface area contributed by atoms with E-state index in [0.29, 0.717) is 6.04 Å². The highest BCUT2D eigenvalue weighted by Crippen LogP contribution is 2.42. The Kier molecular flexibility index (Phi) is 2.80. The molecule has 1 N–H and O–H groups in total. The molecule has 3 heteroatoms. The fraction of sp³-hybridized carbons (Fsp3) is 0.571. The lowest BCUT2D eigenvalue weighted by Crippen LogP contribution is -2.32. The molecule has 0 aromatic heterocycles. The summed E-state index contributed by atoms with van der Waals surface area (Å²) in [7, 11) is 0. The molecule has 92 valence electrons. The van der Waals surface area contributed by atoms with Crippen LogP contribution in [0.5, 0.6) is 0 Å². The smallest absolute Gasteiger partial charge is 0.0762 e. The van der Waals surface area contributed by atoms with Crippen molar-refractivity contribution in [2.24, 2.45) is 5.92 Å². The van der Waals surface area contributed by atoms with E-state index < -0.39 is 6.10 Å². The Bertz CT molecular complexity index is 432. The highest BCUT2D eigenvalue weighted by molar-refractivity contribution is 6.33. The zero-order chi connectivity index (χ0) is 12.0. The van der Waals surface area contributed by atoms with Gasteiger partial charge in [0.15, 0.2) is 0 Å². The Hall–Kier alpha value is -0.730. The largest absolute Gasteiger partial charge is 0.389 e. The maximum Gasteiger partial charge on any atom is 0.0762 e. The lowest BCUT2D eigenvalue weighted by atomic mass is 10.1. The molecular weight excluding hydrogens is 234 g/mol. The van der Waals surface area contributed by atoms with Crippen molar-refractivity contribution >= 4 is 17.3 Å². The van der Waals surface area contributed by atoms with Crippen LogP contribution in [0, 0.1) is 5.92 Å². The zero-order valence-corrected chi connectivity index (χ0v) is 10.8. The molecule has 1 aromatic carbocycles. The first kappa shape index (κ1) is 11.4. The number of piperidine rings is 1. The topological polar surface area (TPSA) is 23.5 Å². The van der Waals surface area contributed by atoms with Crippen LogP contribution >= 0.6 is 11.6 Å². The summed E-state index contributed by atoms with van der Waals surface area (Å²) in [5.41, 5.74) is 2.03. The van der Waals surface area contributed by atoms with Crippen LogP contribution in [0.4, 0.5) is 5.69 Å². The first-order valence-corrected chi connectivity index (χ1v) is 6.77. The third-order valence-electron chi connectivity index (χ3n) is 4.17. The summed E-state index contributed by atoms with van der Waals surface area (Å²) in [6, 6.07) is 6.63. The molecule has 2 nitrogen and oxygen atoms in total. The Morgan fingerprint density at radius 2 is 2.24 bits per heavy atom. The summed E-state index contributed by atoms with van der Waals surface area (Å²) in [6.45, 7) is 2.92. The van der Waals surface area contributed by atoms with Crippen LogP contribution in [0.15, 0.2) is 18.2 Å². The van der Waals surface area contributed by atoms with Gasteiger partial charge in [-0.05, 0) is 49.8 Å². The van der Waals surface area contributed by atoms with Gasteiger partial charge < -0.3 is 10.0 Å². The number of fused-ring (bicyclic) bond motifs is 2. The van der Waals surface area contributed by atoms with Crippen molar-refractivity contribution in [3.63, 3.8) is 0 Å². The van der Waals surface area contributed by atoms with Crippen LogP contribution in [0.2, 0.25) is 5.02 Å². The molecule has 2 fully saturated rings. The quantitative estimate of drug-likeness (QED) is 0.871. The van der Waals surface area contributed by atoms with E-state index in [1.54, 1.807) is 6.92 Å². The second-order valence-electron chi connectivity index (χ2n) is 5.37. The fourth-order valence-corrected chi connectivity index (χ4v) is 3.53. The predicted molar refractivity (Wildman–Crippen MR) is 70.6 cm³/mol. The molecule has 1 heterocycles. The molecular formula is C14H18ClNO. The number of nitrogens with zero attached hydrogens (tertiary/aromatic N) is 1. The van der Waals surface area contributed by atoms with Gasteiger partial charge in [-0.25, -0.2) is 0 Å². The first-order chi connectivity index (χ1) is 8.15. The Morgan fingerprint density at radius 1 is 1.41 bits per heavy atom. The van der Waals surface area contributed by atoms with Crippen molar-refractivity contribution in [3.05, 3.63) is 28.8 Å². The van der Waals surface area contributed by atoms with E-state index in [-0.39, 0.29) is 0 Å². The van der Waals surface area contributed by atoms with Crippen molar-refractivity contribution < 1.29 is 5.11 Å². The maximum atomic E-state index is 9.54. The molecule has 17 heavy (non-hydrogen) atoms. The lowest BCUT2D eigenvalue weighted by molar-refractivity contribution is 0.199. The van der Waals surface area contributed by atoms with Gasteiger partial charge in [0.25, 0.3) is 0 Å². The van der Waals surface area contributed by atoms with E-state index in [2.05, 4.69) is 11.0 Å². The number of aliphatic hydroxyl groups excluding tert-OH is 1. The Labute approximate surface area is 107 Å². The molecule has 0 spiro atoms. The number of rotatable bonds is 2. The molecule has 1 saturated heterocycles. The average molecular weight is 252 g/mol. The minimum absolute atomic E-state index is 0.448. The van der Waals surface area contributed by atoms with Crippen molar-refractivity contribution in [2.45, 2.75) is 38.3 Å². The molecule has 1 saturated carbocycles. The molecule has 0 amide bonds. The normalized spacial score (nSPS) is 28.8. The van der Waals surface area contributed by atoms with Gasteiger partial charge in [0.1, 0.15) is 0 Å². The number of hydrogen-bond donors (Lipinski definition) is 1. The number of halogens is 1. The minimum atomic E-state index is -0.448. The zero-order valence-electron chi connectivity index (χ0n) is 10.1. The van der Waals surface area contributed by atoms with E-state index in [1.807, 2.05) is 12.1 Å². The standard InChI is InChI=1S/C14H18ClNO/c1-9(17)11-3-5-14(13(15)7-11)16-8-10-2-4-12(16)6-10/h3,5,7,9-10,12,17H,2,4,6,8H2,1H3/t9-,10?,12?/m1/s1. The van der Waals surface area contributed by atoms with Crippen LogP contribution < -0.4 is 4.90 Å². The monoisotopic (exact) mass is 251 g/mol. The molecule has 2 bridgehead atoms. The number of hydrogen-bond acceptors (Lipinski definition) is 2. The fourth-order valence-electron chi connectivity index (χ4n) is 3.24. The molecule has 1 aliphatic carbocycles. The molecule has 1 aliphatic heterocycles. The van der Waals surface area contributed by atoms with Gasteiger partial charge in [-0.3, -0.25) is 0 Å². The van der Waals surface area contributed by atoms with Crippen LogP contribution in [-0.4, -0.2) is 17.7 Å². The van der Waals surface area contributed by atoms with E-state index >= 15 is 0 Å². The summed E-state index contributed by atoms with van der Waals surface area (Å²) in [6.07, 6.45) is 3.56. The number of aliphatic hydroxyl groups is 1.